The van der Waals surface area contributed by atoms with Gasteiger partial charge < -0.3 is 5.32 Å². The molecule has 10 heteroatoms. The zero-order valence-electron chi connectivity index (χ0n) is 21.1. The van der Waals surface area contributed by atoms with E-state index >= 15 is 0 Å². The number of amides is 1. The van der Waals surface area contributed by atoms with Gasteiger partial charge in [0.25, 0.3) is 5.91 Å². The fourth-order valence-corrected chi connectivity index (χ4v) is 4.08. The van der Waals surface area contributed by atoms with E-state index in [-0.39, 0.29) is 11.9 Å². The van der Waals surface area contributed by atoms with E-state index in [0.717, 1.165) is 39.5 Å². The standard InChI is InChI=1S/C27H27N9O/c1-16-10-21(26-31-17(2)11-22(33-26)13-23-12-18(3)34-35-23)15-29-25(16)27(37)32-19(4)20-6-7-24(28-14-20)36-9-5-8-30-36/h5-12,14-15,19H,13H2,1-4H3,(H,32,37)(H,34,35)/t19-/m0/s1. The third-order valence-electron chi connectivity index (χ3n) is 5.94. The third-order valence-corrected chi connectivity index (χ3v) is 5.94. The lowest BCUT2D eigenvalue weighted by Gasteiger charge is -2.15. The van der Waals surface area contributed by atoms with E-state index in [9.17, 15) is 4.79 Å². The average molecular weight is 494 g/mol. The van der Waals surface area contributed by atoms with Crippen molar-refractivity contribution in [2.45, 2.75) is 40.2 Å². The molecule has 1 amide bonds. The normalized spacial score (nSPS) is 11.9. The first kappa shape index (κ1) is 24.0. The molecule has 0 saturated heterocycles. The number of nitrogens with one attached hydrogen (secondary N) is 2. The quantitative estimate of drug-likeness (QED) is 0.352. The number of carbonyl (C=O) groups is 1. The molecule has 0 saturated carbocycles. The van der Waals surface area contributed by atoms with Gasteiger partial charge in [-0.3, -0.25) is 14.9 Å². The van der Waals surface area contributed by atoms with Crippen molar-refractivity contribution in [3.63, 3.8) is 0 Å². The second-order valence-electron chi connectivity index (χ2n) is 9.03. The summed E-state index contributed by atoms with van der Waals surface area (Å²) in [5.41, 5.74) is 6.38. The highest BCUT2D eigenvalue weighted by Crippen LogP contribution is 2.20. The summed E-state index contributed by atoms with van der Waals surface area (Å²) in [5.74, 6) is 1.02. The number of nitrogens with zero attached hydrogens (tertiary/aromatic N) is 7. The predicted molar refractivity (Wildman–Crippen MR) is 138 cm³/mol. The molecule has 5 aromatic rings. The molecule has 0 aliphatic carbocycles. The Kier molecular flexibility index (Phi) is 6.55. The summed E-state index contributed by atoms with van der Waals surface area (Å²) < 4.78 is 1.68. The van der Waals surface area contributed by atoms with Crippen LogP contribution in [0.1, 0.15) is 57.4 Å². The van der Waals surface area contributed by atoms with Crippen molar-refractivity contribution in [3.8, 4) is 17.2 Å². The number of aromatic nitrogens is 8. The van der Waals surface area contributed by atoms with Crippen LogP contribution in [0.2, 0.25) is 0 Å². The maximum atomic E-state index is 13.0. The topological polar surface area (TPSA) is 127 Å². The Bertz CT molecular complexity index is 1540. The maximum Gasteiger partial charge on any atom is 0.270 e. The molecule has 0 aromatic carbocycles. The Morgan fingerprint density at radius 3 is 2.59 bits per heavy atom. The zero-order valence-corrected chi connectivity index (χ0v) is 21.1. The molecule has 0 fully saturated rings. The Labute approximate surface area is 214 Å². The van der Waals surface area contributed by atoms with Crippen molar-refractivity contribution in [2.24, 2.45) is 0 Å². The van der Waals surface area contributed by atoms with Crippen LogP contribution in [0, 0.1) is 20.8 Å². The van der Waals surface area contributed by atoms with Gasteiger partial charge in [0.1, 0.15) is 5.69 Å². The number of H-pyrrole nitrogens is 1. The van der Waals surface area contributed by atoms with Gasteiger partial charge in [-0.2, -0.15) is 10.2 Å². The highest BCUT2D eigenvalue weighted by atomic mass is 16.1. The first-order valence-electron chi connectivity index (χ1n) is 11.9. The van der Waals surface area contributed by atoms with Crippen molar-refractivity contribution in [1.82, 2.24) is 45.2 Å². The minimum atomic E-state index is -0.257. The minimum absolute atomic E-state index is 0.249. The second-order valence-corrected chi connectivity index (χ2v) is 9.03. The van der Waals surface area contributed by atoms with Crippen LogP contribution in [-0.4, -0.2) is 45.8 Å². The van der Waals surface area contributed by atoms with Crippen LogP contribution >= 0.6 is 0 Å². The molecule has 5 rings (SSSR count). The van der Waals surface area contributed by atoms with Gasteiger partial charge in [0.2, 0.25) is 0 Å². The molecule has 10 nitrogen and oxygen atoms in total. The van der Waals surface area contributed by atoms with E-state index in [1.54, 1.807) is 23.3 Å². The largest absolute Gasteiger partial charge is 0.344 e. The minimum Gasteiger partial charge on any atom is -0.344 e. The molecule has 0 radical (unpaired) electrons. The molecule has 1 atom stereocenters. The monoisotopic (exact) mass is 493 g/mol. The molecule has 186 valence electrons. The summed E-state index contributed by atoms with van der Waals surface area (Å²) >= 11 is 0. The van der Waals surface area contributed by atoms with Crippen molar-refractivity contribution >= 4 is 5.91 Å². The van der Waals surface area contributed by atoms with Gasteiger partial charge in [-0.15, -0.1) is 0 Å². The van der Waals surface area contributed by atoms with Crippen molar-refractivity contribution in [3.05, 3.63) is 101 Å². The highest BCUT2D eigenvalue weighted by Gasteiger charge is 2.17. The van der Waals surface area contributed by atoms with Gasteiger partial charge in [0.05, 0.1) is 17.4 Å². The maximum absolute atomic E-state index is 13.0. The van der Waals surface area contributed by atoms with Crippen LogP contribution in [0.4, 0.5) is 0 Å². The molecule has 0 bridgehead atoms. The number of aryl methyl sites for hydroxylation is 3. The van der Waals surface area contributed by atoms with Gasteiger partial charge in [0, 0.05) is 48.2 Å². The van der Waals surface area contributed by atoms with Crippen LogP contribution in [-0.2, 0) is 6.42 Å². The van der Waals surface area contributed by atoms with Crippen LogP contribution in [0.5, 0.6) is 0 Å². The number of carbonyl (C=O) groups excluding carboxylic acids is 1. The van der Waals surface area contributed by atoms with E-state index in [0.29, 0.717) is 23.8 Å². The molecule has 0 unspecified atom stereocenters. The Morgan fingerprint density at radius 2 is 1.92 bits per heavy atom. The van der Waals surface area contributed by atoms with E-state index in [1.807, 2.05) is 70.3 Å². The van der Waals surface area contributed by atoms with E-state index in [4.69, 9.17) is 4.98 Å². The average Bonchev–Trinajstić information content (AvgIpc) is 3.56. The summed E-state index contributed by atoms with van der Waals surface area (Å²) in [4.78, 5) is 31.2. The lowest BCUT2D eigenvalue weighted by Crippen LogP contribution is -2.28. The summed E-state index contributed by atoms with van der Waals surface area (Å²) in [6.45, 7) is 7.68. The fraction of sp³-hybridized carbons (Fsp3) is 0.222. The van der Waals surface area contributed by atoms with Gasteiger partial charge in [-0.05, 0) is 69.2 Å². The summed E-state index contributed by atoms with van der Waals surface area (Å²) in [6, 6.07) is 11.2. The summed E-state index contributed by atoms with van der Waals surface area (Å²) in [5, 5.41) is 14.4. The zero-order chi connectivity index (χ0) is 25.9. The smallest absolute Gasteiger partial charge is 0.270 e. The number of aromatic amines is 1. The molecular weight excluding hydrogens is 466 g/mol. The summed E-state index contributed by atoms with van der Waals surface area (Å²) in [6.07, 6.45) is 7.51. The fourth-order valence-electron chi connectivity index (χ4n) is 4.08. The Hall–Kier alpha value is -4.73. The molecule has 0 aliphatic heterocycles. The van der Waals surface area contributed by atoms with Crippen LogP contribution < -0.4 is 5.32 Å². The van der Waals surface area contributed by atoms with Crippen molar-refractivity contribution in [2.75, 3.05) is 0 Å². The first-order valence-corrected chi connectivity index (χ1v) is 11.9. The first-order chi connectivity index (χ1) is 17.9. The SMILES string of the molecule is Cc1cc(Cc2cc(C)[nH]n2)nc(-c2cnc(C(=O)N[C@@H](C)c3ccc(-n4cccn4)nc3)c(C)c2)n1. The lowest BCUT2D eigenvalue weighted by molar-refractivity contribution is 0.0934. The van der Waals surface area contributed by atoms with Crippen LogP contribution in [0.3, 0.4) is 0 Å². The molecule has 0 aliphatic rings. The summed E-state index contributed by atoms with van der Waals surface area (Å²) in [7, 11) is 0. The van der Waals surface area contributed by atoms with E-state index < -0.39 is 0 Å². The Morgan fingerprint density at radius 1 is 1.05 bits per heavy atom. The van der Waals surface area contributed by atoms with Gasteiger partial charge in [-0.25, -0.2) is 19.6 Å². The number of pyridine rings is 2. The molecule has 5 heterocycles. The molecule has 5 aromatic heterocycles. The van der Waals surface area contributed by atoms with Gasteiger partial charge >= 0.3 is 0 Å². The number of hydrogen-bond acceptors (Lipinski definition) is 7. The lowest BCUT2D eigenvalue weighted by atomic mass is 10.1. The van der Waals surface area contributed by atoms with Gasteiger partial charge in [0.15, 0.2) is 11.6 Å². The molecule has 0 spiro atoms. The second kappa shape index (κ2) is 10.1. The van der Waals surface area contributed by atoms with Crippen LogP contribution in [0.25, 0.3) is 17.2 Å². The number of hydrogen-bond donors (Lipinski definition) is 2. The predicted octanol–water partition coefficient (Wildman–Crippen LogP) is 3.85. The van der Waals surface area contributed by atoms with E-state index in [2.05, 4.69) is 35.6 Å². The molecule has 2 N–H and O–H groups in total. The highest BCUT2D eigenvalue weighted by molar-refractivity contribution is 5.94. The Balaban J connectivity index is 1.30. The molecule has 37 heavy (non-hydrogen) atoms. The number of rotatable bonds is 7. The molecular formula is C27H27N9O. The van der Waals surface area contributed by atoms with Crippen LogP contribution in [0.15, 0.2) is 61.2 Å². The third kappa shape index (κ3) is 5.43. The van der Waals surface area contributed by atoms with Gasteiger partial charge in [-0.1, -0.05) is 6.07 Å². The van der Waals surface area contributed by atoms with E-state index in [1.165, 1.54) is 0 Å². The van der Waals surface area contributed by atoms with Crippen molar-refractivity contribution in [1.29, 1.82) is 0 Å². The van der Waals surface area contributed by atoms with Crippen molar-refractivity contribution < 1.29 is 4.79 Å².